The van der Waals surface area contributed by atoms with Crippen LogP contribution in [0.15, 0.2) is 18.2 Å². The van der Waals surface area contributed by atoms with E-state index in [-0.39, 0.29) is 0 Å². The average Bonchev–Trinajstić information content (AvgIpc) is 2.83. The fourth-order valence-corrected chi connectivity index (χ4v) is 3.52. The highest BCUT2D eigenvalue weighted by atomic mass is 15.1. The SMILES string of the molecule is Cn1c(CCC2CCCCC2)nc2c(CN)cccc21. The number of hydrogen-bond acceptors (Lipinski definition) is 2. The van der Waals surface area contributed by atoms with Gasteiger partial charge in [-0.05, 0) is 24.0 Å². The van der Waals surface area contributed by atoms with Crippen molar-refractivity contribution < 1.29 is 0 Å². The zero-order valence-electron chi connectivity index (χ0n) is 12.4. The lowest BCUT2D eigenvalue weighted by Crippen LogP contribution is -2.09. The molecule has 0 atom stereocenters. The maximum Gasteiger partial charge on any atom is 0.109 e. The molecule has 0 spiro atoms. The van der Waals surface area contributed by atoms with Crippen molar-refractivity contribution in [1.82, 2.24) is 9.55 Å². The molecule has 3 rings (SSSR count). The van der Waals surface area contributed by atoms with E-state index in [9.17, 15) is 0 Å². The predicted molar refractivity (Wildman–Crippen MR) is 83.5 cm³/mol. The highest BCUT2D eigenvalue weighted by Gasteiger charge is 2.16. The van der Waals surface area contributed by atoms with Gasteiger partial charge in [-0.3, -0.25) is 0 Å². The molecule has 1 aliphatic carbocycles. The van der Waals surface area contributed by atoms with Crippen molar-refractivity contribution in [3.63, 3.8) is 0 Å². The van der Waals surface area contributed by atoms with Crippen LogP contribution in [0.5, 0.6) is 0 Å². The van der Waals surface area contributed by atoms with Gasteiger partial charge in [-0.15, -0.1) is 0 Å². The fraction of sp³-hybridized carbons (Fsp3) is 0.588. The molecule has 3 heteroatoms. The van der Waals surface area contributed by atoms with E-state index in [0.29, 0.717) is 6.54 Å². The lowest BCUT2D eigenvalue weighted by atomic mass is 9.86. The van der Waals surface area contributed by atoms with Gasteiger partial charge in [0.15, 0.2) is 0 Å². The maximum absolute atomic E-state index is 5.82. The third-order valence-corrected chi connectivity index (χ3v) is 4.81. The van der Waals surface area contributed by atoms with Crippen molar-refractivity contribution in [2.24, 2.45) is 18.7 Å². The molecule has 20 heavy (non-hydrogen) atoms. The van der Waals surface area contributed by atoms with E-state index in [0.717, 1.165) is 23.4 Å². The number of hydrogen-bond donors (Lipinski definition) is 1. The molecule has 3 nitrogen and oxygen atoms in total. The van der Waals surface area contributed by atoms with Gasteiger partial charge in [0, 0.05) is 20.0 Å². The Morgan fingerprint density at radius 2 is 2.05 bits per heavy atom. The Balaban J connectivity index is 1.79. The smallest absolute Gasteiger partial charge is 0.109 e. The van der Waals surface area contributed by atoms with Crippen molar-refractivity contribution in [2.75, 3.05) is 0 Å². The molecule has 1 fully saturated rings. The topological polar surface area (TPSA) is 43.8 Å². The second kappa shape index (κ2) is 5.96. The molecule has 108 valence electrons. The van der Waals surface area contributed by atoms with Gasteiger partial charge in [0.1, 0.15) is 5.82 Å². The minimum atomic E-state index is 0.566. The summed E-state index contributed by atoms with van der Waals surface area (Å²) < 4.78 is 2.25. The van der Waals surface area contributed by atoms with Gasteiger partial charge in [-0.1, -0.05) is 44.2 Å². The van der Waals surface area contributed by atoms with E-state index in [1.807, 2.05) is 0 Å². The number of imidazole rings is 1. The first kappa shape index (κ1) is 13.6. The normalized spacial score (nSPS) is 16.9. The number of benzene rings is 1. The molecular weight excluding hydrogens is 246 g/mol. The first-order chi connectivity index (χ1) is 9.79. The van der Waals surface area contributed by atoms with Crippen molar-refractivity contribution in [3.05, 3.63) is 29.6 Å². The zero-order valence-corrected chi connectivity index (χ0v) is 12.4. The van der Waals surface area contributed by atoms with Gasteiger partial charge in [0.2, 0.25) is 0 Å². The van der Waals surface area contributed by atoms with Crippen LogP contribution in [-0.4, -0.2) is 9.55 Å². The largest absolute Gasteiger partial charge is 0.331 e. The van der Waals surface area contributed by atoms with E-state index in [4.69, 9.17) is 10.7 Å². The molecule has 0 aliphatic heterocycles. The number of fused-ring (bicyclic) bond motifs is 1. The summed E-state index contributed by atoms with van der Waals surface area (Å²) in [6.45, 7) is 0.566. The lowest BCUT2D eigenvalue weighted by molar-refractivity contribution is 0.336. The van der Waals surface area contributed by atoms with E-state index >= 15 is 0 Å². The van der Waals surface area contributed by atoms with Crippen molar-refractivity contribution in [3.8, 4) is 0 Å². The Hall–Kier alpha value is -1.35. The summed E-state index contributed by atoms with van der Waals surface area (Å²) in [6, 6.07) is 6.31. The minimum absolute atomic E-state index is 0.566. The van der Waals surface area contributed by atoms with Gasteiger partial charge in [0.05, 0.1) is 11.0 Å². The molecule has 0 bridgehead atoms. The predicted octanol–water partition coefficient (Wildman–Crippen LogP) is 3.54. The van der Waals surface area contributed by atoms with Crippen LogP contribution in [-0.2, 0) is 20.0 Å². The molecule has 0 unspecified atom stereocenters. The Morgan fingerprint density at radius 1 is 1.25 bits per heavy atom. The third kappa shape index (κ3) is 2.59. The molecule has 1 saturated carbocycles. The molecule has 1 aromatic carbocycles. The maximum atomic E-state index is 5.82. The molecule has 1 aliphatic rings. The summed E-state index contributed by atoms with van der Waals surface area (Å²) in [5.41, 5.74) is 9.28. The standard InChI is InChI=1S/C17H25N3/c1-20-15-9-5-8-14(12-18)17(15)19-16(20)11-10-13-6-3-2-4-7-13/h5,8-9,13H,2-4,6-7,10-12,18H2,1H3. The van der Waals surface area contributed by atoms with E-state index in [2.05, 4.69) is 29.8 Å². The molecule has 2 N–H and O–H groups in total. The van der Waals surface area contributed by atoms with Crippen molar-refractivity contribution in [2.45, 2.75) is 51.5 Å². The first-order valence-corrected chi connectivity index (χ1v) is 7.93. The van der Waals surface area contributed by atoms with Crippen LogP contribution in [0.4, 0.5) is 0 Å². The number of nitrogens with zero attached hydrogens (tertiary/aromatic N) is 2. The van der Waals surface area contributed by atoms with Crippen LogP contribution in [0, 0.1) is 5.92 Å². The minimum Gasteiger partial charge on any atom is -0.331 e. The molecule has 0 radical (unpaired) electrons. The molecule has 2 aromatic rings. The lowest BCUT2D eigenvalue weighted by Gasteiger charge is -2.21. The van der Waals surface area contributed by atoms with Crippen molar-refractivity contribution in [1.29, 1.82) is 0 Å². The summed E-state index contributed by atoms with van der Waals surface area (Å²) in [5, 5.41) is 0. The van der Waals surface area contributed by atoms with Crippen LogP contribution >= 0.6 is 0 Å². The van der Waals surface area contributed by atoms with Crippen LogP contribution in [0.3, 0.4) is 0 Å². The second-order valence-electron chi connectivity index (χ2n) is 6.12. The van der Waals surface area contributed by atoms with Crippen LogP contribution in [0.1, 0.15) is 49.9 Å². The Labute approximate surface area is 121 Å². The number of aromatic nitrogens is 2. The molecule has 0 saturated heterocycles. The summed E-state index contributed by atoms with van der Waals surface area (Å²) in [4.78, 5) is 4.85. The quantitative estimate of drug-likeness (QED) is 0.924. The van der Waals surface area contributed by atoms with Gasteiger partial charge < -0.3 is 10.3 Å². The summed E-state index contributed by atoms with van der Waals surface area (Å²) in [7, 11) is 2.13. The van der Waals surface area contributed by atoms with Crippen LogP contribution < -0.4 is 5.73 Å². The molecule has 1 heterocycles. The van der Waals surface area contributed by atoms with Gasteiger partial charge >= 0.3 is 0 Å². The molecule has 0 amide bonds. The summed E-state index contributed by atoms with van der Waals surface area (Å²) in [6.07, 6.45) is 9.49. The summed E-state index contributed by atoms with van der Waals surface area (Å²) >= 11 is 0. The van der Waals surface area contributed by atoms with Gasteiger partial charge in [-0.25, -0.2) is 4.98 Å². The molecular formula is C17H25N3. The monoisotopic (exact) mass is 271 g/mol. The second-order valence-corrected chi connectivity index (χ2v) is 6.12. The van der Waals surface area contributed by atoms with E-state index in [1.165, 1.54) is 49.9 Å². The first-order valence-electron chi connectivity index (χ1n) is 7.93. The Morgan fingerprint density at radius 3 is 2.80 bits per heavy atom. The van der Waals surface area contributed by atoms with Gasteiger partial charge in [0.25, 0.3) is 0 Å². The number of para-hydroxylation sites is 1. The van der Waals surface area contributed by atoms with Crippen LogP contribution in [0.2, 0.25) is 0 Å². The highest BCUT2D eigenvalue weighted by molar-refractivity contribution is 5.79. The molecule has 1 aromatic heterocycles. The highest BCUT2D eigenvalue weighted by Crippen LogP contribution is 2.28. The van der Waals surface area contributed by atoms with Gasteiger partial charge in [-0.2, -0.15) is 0 Å². The van der Waals surface area contributed by atoms with E-state index < -0.39 is 0 Å². The Bertz CT molecular complexity index is 579. The average molecular weight is 271 g/mol. The summed E-state index contributed by atoms with van der Waals surface area (Å²) in [5.74, 6) is 2.13. The fourth-order valence-electron chi connectivity index (χ4n) is 3.52. The van der Waals surface area contributed by atoms with E-state index in [1.54, 1.807) is 0 Å². The number of aryl methyl sites for hydroxylation is 2. The van der Waals surface area contributed by atoms with Crippen LogP contribution in [0.25, 0.3) is 11.0 Å². The zero-order chi connectivity index (χ0) is 13.9. The number of nitrogens with two attached hydrogens (primary N) is 1. The third-order valence-electron chi connectivity index (χ3n) is 4.81. The Kier molecular flexibility index (Phi) is 4.06. The van der Waals surface area contributed by atoms with Crippen molar-refractivity contribution >= 4 is 11.0 Å². The number of rotatable bonds is 4.